The van der Waals surface area contributed by atoms with E-state index in [1.807, 2.05) is 0 Å². The Morgan fingerprint density at radius 1 is 1.26 bits per heavy atom. The van der Waals surface area contributed by atoms with Crippen molar-refractivity contribution in [1.82, 2.24) is 29.3 Å². The van der Waals surface area contributed by atoms with Gasteiger partial charge in [0, 0.05) is 32.1 Å². The van der Waals surface area contributed by atoms with E-state index in [4.69, 9.17) is 22.1 Å². The molecule has 0 aliphatic carbocycles. The van der Waals surface area contributed by atoms with Crippen molar-refractivity contribution in [1.29, 1.82) is 0 Å². The number of aliphatic imine (C=N–C) groups is 1. The topological polar surface area (TPSA) is 116 Å². The fourth-order valence-corrected chi connectivity index (χ4v) is 3.87. The van der Waals surface area contributed by atoms with Crippen molar-refractivity contribution < 1.29 is 18.3 Å². The number of methoxy groups -OCH3 is 1. The summed E-state index contributed by atoms with van der Waals surface area (Å²) in [6, 6.07) is 8.98. The van der Waals surface area contributed by atoms with E-state index >= 15 is 0 Å². The molecule has 4 rings (SSSR count). The molecule has 0 aliphatic rings. The SMILES string of the molecule is CN=C(N)N(C(=O)c1ccn2nccc2c1)[C@H](COC)c1ccc(Cl)c(-n2ncnc2C(F)F)c1. The van der Waals surface area contributed by atoms with E-state index in [0.717, 1.165) is 11.0 Å². The van der Waals surface area contributed by atoms with Crippen LogP contribution in [0, 0.1) is 0 Å². The molecule has 35 heavy (non-hydrogen) atoms. The minimum atomic E-state index is -2.87. The highest BCUT2D eigenvalue weighted by Gasteiger charge is 2.30. The normalized spacial score (nSPS) is 12.9. The molecule has 0 saturated heterocycles. The van der Waals surface area contributed by atoms with Crippen molar-refractivity contribution in [3.8, 4) is 5.69 Å². The number of halogens is 3. The van der Waals surface area contributed by atoms with Crippen LogP contribution in [0.5, 0.6) is 0 Å². The first-order valence-electron chi connectivity index (χ1n) is 10.3. The Balaban J connectivity index is 1.81. The maximum Gasteiger partial charge on any atom is 0.297 e. The Bertz CT molecular complexity index is 1390. The Morgan fingerprint density at radius 3 is 2.77 bits per heavy atom. The number of nitrogens with two attached hydrogens (primary N) is 1. The number of fused-ring (bicyclic) bond motifs is 1. The summed E-state index contributed by atoms with van der Waals surface area (Å²) in [5.41, 5.74) is 7.90. The summed E-state index contributed by atoms with van der Waals surface area (Å²) >= 11 is 6.32. The van der Waals surface area contributed by atoms with Gasteiger partial charge in [0.25, 0.3) is 12.3 Å². The molecule has 4 aromatic rings. The molecule has 3 aromatic heterocycles. The molecule has 182 valence electrons. The van der Waals surface area contributed by atoms with Crippen molar-refractivity contribution in [2.75, 3.05) is 20.8 Å². The molecule has 0 unspecified atom stereocenters. The Kier molecular flexibility index (Phi) is 7.03. The van der Waals surface area contributed by atoms with E-state index in [-0.39, 0.29) is 23.3 Å². The Morgan fingerprint density at radius 2 is 2.06 bits per heavy atom. The maximum absolute atomic E-state index is 13.7. The number of carbonyl (C=O) groups excluding carboxylic acids is 1. The van der Waals surface area contributed by atoms with Crippen LogP contribution in [-0.2, 0) is 4.74 Å². The van der Waals surface area contributed by atoms with Gasteiger partial charge in [-0.1, -0.05) is 17.7 Å². The average Bonchev–Trinajstić information content (AvgIpc) is 3.53. The lowest BCUT2D eigenvalue weighted by Gasteiger charge is -2.31. The number of nitrogens with zero attached hydrogens (tertiary/aromatic N) is 7. The third kappa shape index (κ3) is 4.70. The first-order chi connectivity index (χ1) is 16.8. The van der Waals surface area contributed by atoms with Crippen molar-refractivity contribution in [2.24, 2.45) is 10.7 Å². The van der Waals surface area contributed by atoms with Crippen molar-refractivity contribution in [3.63, 3.8) is 0 Å². The predicted molar refractivity (Wildman–Crippen MR) is 125 cm³/mol. The molecule has 13 heteroatoms. The number of carbonyl (C=O) groups is 1. The lowest BCUT2D eigenvalue weighted by Crippen LogP contribution is -2.46. The molecule has 3 heterocycles. The van der Waals surface area contributed by atoms with Crippen LogP contribution in [0.3, 0.4) is 0 Å². The number of rotatable bonds is 7. The third-order valence-electron chi connectivity index (χ3n) is 5.33. The second kappa shape index (κ2) is 10.2. The lowest BCUT2D eigenvalue weighted by atomic mass is 10.0. The summed E-state index contributed by atoms with van der Waals surface area (Å²) in [6.07, 6.45) is 1.42. The summed E-state index contributed by atoms with van der Waals surface area (Å²) in [6.45, 7) is 0.0248. The van der Waals surface area contributed by atoms with Gasteiger partial charge in [-0.3, -0.25) is 14.7 Å². The van der Waals surface area contributed by atoms with Crippen LogP contribution in [0.1, 0.15) is 34.2 Å². The fraction of sp³-hybridized carbons (Fsp3) is 0.227. The van der Waals surface area contributed by atoms with Gasteiger partial charge in [-0.05, 0) is 35.9 Å². The van der Waals surface area contributed by atoms with Gasteiger partial charge in [-0.15, -0.1) is 0 Å². The molecular formula is C22H21ClF2N8O2. The number of amides is 1. The smallest absolute Gasteiger partial charge is 0.297 e. The second-order valence-corrected chi connectivity index (χ2v) is 7.79. The van der Waals surface area contributed by atoms with Gasteiger partial charge < -0.3 is 10.5 Å². The van der Waals surface area contributed by atoms with Crippen LogP contribution in [-0.4, -0.2) is 61.9 Å². The highest BCUT2D eigenvalue weighted by molar-refractivity contribution is 6.32. The zero-order valence-corrected chi connectivity index (χ0v) is 19.5. The number of hydrogen-bond acceptors (Lipinski definition) is 6. The van der Waals surface area contributed by atoms with Gasteiger partial charge >= 0.3 is 0 Å². The number of pyridine rings is 1. The standard InChI is InChI=1S/C22H21ClF2N8O2/c1-27-22(26)32(21(34)14-6-8-31-15(9-14)5-7-29-31)18(11-35-2)13-3-4-16(23)17(10-13)33-20(19(24)25)28-12-30-33/h3-10,12,18-19H,11H2,1-2H3,(H2,26,27)/t18-/m1/s1. The fourth-order valence-electron chi connectivity index (χ4n) is 3.67. The van der Waals surface area contributed by atoms with E-state index in [0.29, 0.717) is 16.6 Å². The molecule has 1 atom stereocenters. The van der Waals surface area contributed by atoms with Gasteiger partial charge in [0.15, 0.2) is 11.8 Å². The second-order valence-electron chi connectivity index (χ2n) is 7.39. The highest BCUT2D eigenvalue weighted by atomic mass is 35.5. The summed E-state index contributed by atoms with van der Waals surface area (Å²) in [4.78, 5) is 22.6. The molecule has 1 aromatic carbocycles. The van der Waals surface area contributed by atoms with Crippen LogP contribution in [0.15, 0.2) is 60.1 Å². The van der Waals surface area contributed by atoms with Gasteiger partial charge in [0.1, 0.15) is 6.33 Å². The zero-order valence-electron chi connectivity index (χ0n) is 18.7. The quantitative estimate of drug-likeness (QED) is 0.306. The van der Waals surface area contributed by atoms with E-state index in [2.05, 4.69) is 20.2 Å². The number of alkyl halides is 2. The number of hydrogen-bond donors (Lipinski definition) is 1. The van der Waals surface area contributed by atoms with Crippen LogP contribution < -0.4 is 5.73 Å². The van der Waals surface area contributed by atoms with Crippen molar-refractivity contribution >= 4 is 29.0 Å². The Labute approximate surface area is 203 Å². The molecular weight excluding hydrogens is 482 g/mol. The summed E-state index contributed by atoms with van der Waals surface area (Å²) in [5, 5.41) is 8.19. The van der Waals surface area contributed by atoms with Gasteiger partial charge in [0.2, 0.25) is 0 Å². The number of guanidine groups is 1. The number of aromatic nitrogens is 5. The number of ether oxygens (including phenoxy) is 1. The lowest BCUT2D eigenvalue weighted by molar-refractivity contribution is 0.0699. The molecule has 0 saturated carbocycles. The molecule has 0 fully saturated rings. The van der Waals surface area contributed by atoms with Crippen LogP contribution in [0.4, 0.5) is 8.78 Å². The highest BCUT2D eigenvalue weighted by Crippen LogP contribution is 2.31. The largest absolute Gasteiger partial charge is 0.382 e. The van der Waals surface area contributed by atoms with Crippen LogP contribution in [0.2, 0.25) is 5.02 Å². The molecule has 2 N–H and O–H groups in total. The Hall–Kier alpha value is -3.90. The van der Waals surface area contributed by atoms with Gasteiger partial charge in [0.05, 0.1) is 28.9 Å². The summed E-state index contributed by atoms with van der Waals surface area (Å²) in [7, 11) is 2.92. The first-order valence-corrected chi connectivity index (χ1v) is 10.7. The van der Waals surface area contributed by atoms with Crippen LogP contribution in [0.25, 0.3) is 11.2 Å². The van der Waals surface area contributed by atoms with Gasteiger partial charge in [-0.25, -0.2) is 23.0 Å². The van der Waals surface area contributed by atoms with Crippen molar-refractivity contribution in [3.05, 3.63) is 77.1 Å². The minimum absolute atomic E-state index is 0.0248. The summed E-state index contributed by atoms with van der Waals surface area (Å²) < 4.78 is 34.9. The molecule has 10 nitrogen and oxygen atoms in total. The number of benzene rings is 1. The molecule has 0 bridgehead atoms. The molecule has 0 spiro atoms. The van der Waals surface area contributed by atoms with Crippen molar-refractivity contribution in [2.45, 2.75) is 12.5 Å². The summed E-state index contributed by atoms with van der Waals surface area (Å²) in [5.74, 6) is -1.07. The van der Waals surface area contributed by atoms with Crippen LogP contribution >= 0.6 is 11.6 Å². The molecule has 0 radical (unpaired) electrons. The molecule has 1 amide bonds. The average molecular weight is 503 g/mol. The monoisotopic (exact) mass is 502 g/mol. The maximum atomic E-state index is 13.7. The first kappa shape index (κ1) is 24.2. The predicted octanol–water partition coefficient (Wildman–Crippen LogP) is 3.28. The van der Waals surface area contributed by atoms with Gasteiger partial charge in [-0.2, -0.15) is 10.2 Å². The third-order valence-corrected chi connectivity index (χ3v) is 5.65. The van der Waals surface area contributed by atoms with E-state index < -0.39 is 24.2 Å². The molecule has 0 aliphatic heterocycles. The van der Waals surface area contributed by atoms with E-state index in [1.165, 1.54) is 31.2 Å². The minimum Gasteiger partial charge on any atom is -0.382 e. The van der Waals surface area contributed by atoms with E-state index in [9.17, 15) is 13.6 Å². The zero-order chi connectivity index (χ0) is 25.1. The van der Waals surface area contributed by atoms with E-state index in [1.54, 1.807) is 41.2 Å².